The highest BCUT2D eigenvalue weighted by Crippen LogP contribution is 2.36. The minimum absolute atomic E-state index is 0.253. The lowest BCUT2D eigenvalue weighted by molar-refractivity contribution is 0.00578. The van der Waals surface area contributed by atoms with Gasteiger partial charge in [-0.15, -0.1) is 0 Å². The second-order valence-electron chi connectivity index (χ2n) is 6.01. The van der Waals surface area contributed by atoms with Crippen molar-refractivity contribution in [1.82, 2.24) is 4.98 Å². The second-order valence-corrected chi connectivity index (χ2v) is 6.01. The van der Waals surface area contributed by atoms with Crippen molar-refractivity contribution in [1.29, 1.82) is 0 Å². The standard InChI is InChI=1S/C14H20BNO4/c1-9-8-16-11(12(17)18-6)7-10(9)15-19-13(2,3)14(4,5)20-15/h7-8H,1-6H3. The SMILES string of the molecule is COC(=O)c1cc(B2OC(C)(C)C(C)(C)O2)c(C)cn1. The highest BCUT2D eigenvalue weighted by molar-refractivity contribution is 6.62. The molecule has 0 amide bonds. The maximum absolute atomic E-state index is 11.6. The lowest BCUT2D eigenvalue weighted by Crippen LogP contribution is -2.41. The van der Waals surface area contributed by atoms with Gasteiger partial charge in [0.25, 0.3) is 0 Å². The van der Waals surface area contributed by atoms with Crippen LogP contribution in [0.5, 0.6) is 0 Å². The van der Waals surface area contributed by atoms with Crippen LogP contribution in [0.4, 0.5) is 0 Å². The molecule has 108 valence electrons. The van der Waals surface area contributed by atoms with Crippen LogP contribution in [0.15, 0.2) is 12.3 Å². The van der Waals surface area contributed by atoms with Crippen molar-refractivity contribution in [3.05, 3.63) is 23.5 Å². The van der Waals surface area contributed by atoms with Crippen molar-refractivity contribution in [2.24, 2.45) is 0 Å². The van der Waals surface area contributed by atoms with E-state index >= 15 is 0 Å². The van der Waals surface area contributed by atoms with Gasteiger partial charge in [0.2, 0.25) is 0 Å². The number of ether oxygens (including phenoxy) is 1. The molecule has 0 N–H and O–H groups in total. The predicted molar refractivity (Wildman–Crippen MR) is 76.0 cm³/mol. The van der Waals surface area contributed by atoms with Crippen molar-refractivity contribution < 1.29 is 18.8 Å². The summed E-state index contributed by atoms with van der Waals surface area (Å²) < 4.78 is 16.7. The summed E-state index contributed by atoms with van der Waals surface area (Å²) in [5.74, 6) is -0.470. The fraction of sp³-hybridized carbons (Fsp3) is 0.571. The van der Waals surface area contributed by atoms with Gasteiger partial charge in [-0.05, 0) is 51.7 Å². The molecule has 0 bridgehead atoms. The molecular weight excluding hydrogens is 257 g/mol. The summed E-state index contributed by atoms with van der Waals surface area (Å²) in [6.45, 7) is 9.87. The number of esters is 1. The van der Waals surface area contributed by atoms with Crippen LogP contribution in [0.3, 0.4) is 0 Å². The van der Waals surface area contributed by atoms with E-state index in [2.05, 4.69) is 4.98 Å². The lowest BCUT2D eigenvalue weighted by Gasteiger charge is -2.32. The summed E-state index contributed by atoms with van der Waals surface area (Å²) in [5.41, 5.74) is 1.13. The minimum Gasteiger partial charge on any atom is -0.464 e. The van der Waals surface area contributed by atoms with Gasteiger partial charge in [-0.3, -0.25) is 0 Å². The molecule has 0 radical (unpaired) electrons. The van der Waals surface area contributed by atoms with E-state index in [4.69, 9.17) is 14.0 Å². The number of carbonyl (C=O) groups is 1. The van der Waals surface area contributed by atoms with Gasteiger partial charge < -0.3 is 14.0 Å². The predicted octanol–water partition coefficient (Wildman–Crippen LogP) is 1.48. The molecule has 0 unspecified atom stereocenters. The fourth-order valence-corrected chi connectivity index (χ4v) is 1.98. The van der Waals surface area contributed by atoms with Crippen molar-refractivity contribution in [3.63, 3.8) is 0 Å². The van der Waals surface area contributed by atoms with E-state index in [0.717, 1.165) is 11.0 Å². The van der Waals surface area contributed by atoms with E-state index in [-0.39, 0.29) is 5.69 Å². The Hall–Kier alpha value is -1.40. The maximum Gasteiger partial charge on any atom is 0.495 e. The van der Waals surface area contributed by atoms with Gasteiger partial charge in [0, 0.05) is 6.20 Å². The van der Waals surface area contributed by atoms with E-state index in [0.29, 0.717) is 0 Å². The van der Waals surface area contributed by atoms with Gasteiger partial charge in [-0.25, -0.2) is 9.78 Å². The van der Waals surface area contributed by atoms with Crippen molar-refractivity contribution in [2.75, 3.05) is 7.11 Å². The van der Waals surface area contributed by atoms with Crippen molar-refractivity contribution in [2.45, 2.75) is 45.8 Å². The molecule has 5 nitrogen and oxygen atoms in total. The number of hydrogen-bond acceptors (Lipinski definition) is 5. The normalized spacial score (nSPS) is 20.0. The van der Waals surface area contributed by atoms with Crippen LogP contribution in [-0.4, -0.2) is 36.4 Å². The Morgan fingerprint density at radius 2 is 1.80 bits per heavy atom. The molecule has 1 aromatic heterocycles. The number of aryl methyl sites for hydroxylation is 1. The molecule has 20 heavy (non-hydrogen) atoms. The van der Waals surface area contributed by atoms with Gasteiger partial charge in [-0.2, -0.15) is 0 Å². The monoisotopic (exact) mass is 277 g/mol. The number of hydrogen-bond donors (Lipinski definition) is 0. The Morgan fingerprint density at radius 3 is 2.30 bits per heavy atom. The number of methoxy groups -OCH3 is 1. The molecule has 1 aliphatic rings. The zero-order valence-electron chi connectivity index (χ0n) is 12.8. The maximum atomic E-state index is 11.6. The smallest absolute Gasteiger partial charge is 0.464 e. The molecule has 1 fully saturated rings. The second kappa shape index (κ2) is 4.86. The first-order valence-electron chi connectivity index (χ1n) is 6.58. The van der Waals surface area contributed by atoms with E-state index < -0.39 is 24.3 Å². The Kier molecular flexibility index (Phi) is 3.65. The van der Waals surface area contributed by atoms with E-state index in [1.54, 1.807) is 12.3 Å². The molecule has 2 heterocycles. The zero-order chi connectivity index (χ0) is 15.1. The fourth-order valence-electron chi connectivity index (χ4n) is 1.98. The summed E-state index contributed by atoms with van der Waals surface area (Å²) in [6.07, 6.45) is 1.63. The van der Waals surface area contributed by atoms with Gasteiger partial charge in [0.05, 0.1) is 18.3 Å². The van der Waals surface area contributed by atoms with Crippen LogP contribution in [0.25, 0.3) is 0 Å². The van der Waals surface area contributed by atoms with Crippen LogP contribution in [0.1, 0.15) is 43.7 Å². The highest BCUT2D eigenvalue weighted by atomic mass is 16.7. The summed E-state index contributed by atoms with van der Waals surface area (Å²) in [4.78, 5) is 15.6. The molecule has 0 aromatic carbocycles. The largest absolute Gasteiger partial charge is 0.495 e. The van der Waals surface area contributed by atoms with Crippen molar-refractivity contribution in [3.8, 4) is 0 Å². The summed E-state index contributed by atoms with van der Waals surface area (Å²) >= 11 is 0. The molecule has 1 aliphatic heterocycles. The van der Waals surface area contributed by atoms with E-state index in [9.17, 15) is 4.79 Å². The number of rotatable bonds is 2. The first-order valence-corrected chi connectivity index (χ1v) is 6.58. The number of carbonyl (C=O) groups excluding carboxylic acids is 1. The Morgan fingerprint density at radius 1 is 1.25 bits per heavy atom. The highest BCUT2D eigenvalue weighted by Gasteiger charge is 2.52. The summed E-state index contributed by atoms with van der Waals surface area (Å²) in [5, 5.41) is 0. The van der Waals surface area contributed by atoms with Gasteiger partial charge in [0.15, 0.2) is 0 Å². The number of nitrogens with zero attached hydrogens (tertiary/aromatic N) is 1. The molecule has 1 aromatic rings. The van der Waals surface area contributed by atoms with Gasteiger partial charge in [-0.1, -0.05) is 0 Å². The lowest BCUT2D eigenvalue weighted by atomic mass is 9.76. The van der Waals surface area contributed by atoms with E-state index in [1.165, 1.54) is 7.11 Å². The van der Waals surface area contributed by atoms with Gasteiger partial charge >= 0.3 is 13.1 Å². The number of aromatic nitrogens is 1. The Balaban J connectivity index is 2.37. The Bertz CT molecular complexity index is 526. The zero-order valence-corrected chi connectivity index (χ0v) is 12.8. The molecular formula is C14H20BNO4. The first-order chi connectivity index (χ1) is 9.18. The summed E-state index contributed by atoms with van der Waals surface area (Å²) in [6, 6.07) is 1.67. The van der Waals surface area contributed by atoms with Crippen LogP contribution < -0.4 is 5.46 Å². The quantitative estimate of drug-likeness (QED) is 0.605. The molecule has 6 heteroatoms. The van der Waals surface area contributed by atoms with Crippen LogP contribution in [0.2, 0.25) is 0 Å². The van der Waals surface area contributed by atoms with Crippen LogP contribution in [0, 0.1) is 6.92 Å². The third-order valence-corrected chi connectivity index (χ3v) is 4.05. The molecule has 1 saturated heterocycles. The molecule has 0 atom stereocenters. The van der Waals surface area contributed by atoms with Crippen molar-refractivity contribution >= 4 is 18.6 Å². The average molecular weight is 277 g/mol. The average Bonchev–Trinajstić information content (AvgIpc) is 2.58. The van der Waals surface area contributed by atoms with Crippen LogP contribution in [-0.2, 0) is 14.0 Å². The van der Waals surface area contributed by atoms with Gasteiger partial charge in [0.1, 0.15) is 5.69 Å². The number of pyridine rings is 1. The topological polar surface area (TPSA) is 57.7 Å². The third kappa shape index (κ3) is 2.45. The first kappa shape index (κ1) is 15.0. The summed E-state index contributed by atoms with van der Waals surface area (Å²) in [7, 11) is 0.824. The molecule has 0 aliphatic carbocycles. The van der Waals surface area contributed by atoms with E-state index in [1.807, 2.05) is 34.6 Å². The molecule has 0 saturated carbocycles. The molecule has 2 rings (SSSR count). The third-order valence-electron chi connectivity index (χ3n) is 4.05. The van der Waals surface area contributed by atoms with Crippen LogP contribution >= 0.6 is 0 Å². The molecule has 0 spiro atoms. The Labute approximate surface area is 119 Å². The minimum atomic E-state index is -0.508.